The minimum atomic E-state index is -0.129. The molecule has 0 fully saturated rings. The summed E-state index contributed by atoms with van der Waals surface area (Å²) >= 11 is 0. The van der Waals surface area contributed by atoms with Gasteiger partial charge in [0.1, 0.15) is 0 Å². The first-order valence-corrected chi connectivity index (χ1v) is 8.74. The highest BCUT2D eigenvalue weighted by atomic mass is 16.1. The van der Waals surface area contributed by atoms with Crippen LogP contribution in [-0.4, -0.2) is 5.91 Å². The van der Waals surface area contributed by atoms with Gasteiger partial charge < -0.3 is 5.32 Å². The van der Waals surface area contributed by atoms with E-state index in [0.717, 1.165) is 23.1 Å². The predicted molar refractivity (Wildman–Crippen MR) is 108 cm³/mol. The molecule has 0 bridgehead atoms. The summed E-state index contributed by atoms with van der Waals surface area (Å²) in [5, 5.41) is 2.65. The molecule has 26 heavy (non-hydrogen) atoms. The second kappa shape index (κ2) is 7.83. The average Bonchev–Trinajstić information content (AvgIpc) is 2.64. The summed E-state index contributed by atoms with van der Waals surface area (Å²) in [7, 11) is 0. The van der Waals surface area contributed by atoms with Gasteiger partial charge in [-0.05, 0) is 60.4 Å². The van der Waals surface area contributed by atoms with Crippen LogP contribution in [0.15, 0.2) is 79.5 Å². The lowest BCUT2D eigenvalue weighted by Gasteiger charge is -2.10. The van der Waals surface area contributed by atoms with Gasteiger partial charge in [-0.25, -0.2) is 0 Å². The average molecular weight is 341 g/mol. The van der Waals surface area contributed by atoms with Crippen molar-refractivity contribution in [3.8, 4) is 11.1 Å². The SMILES string of the molecule is C=CNC(=O)c1cc(-c2cccc(Cc3ccc(C)cc3)c2)ccc1C. The predicted octanol–water partition coefficient (Wildman–Crippen LogP) is 5.43. The van der Waals surface area contributed by atoms with E-state index >= 15 is 0 Å². The fraction of sp³-hybridized carbons (Fsp3) is 0.125. The van der Waals surface area contributed by atoms with Crippen molar-refractivity contribution in [3.05, 3.63) is 107 Å². The summed E-state index contributed by atoms with van der Waals surface area (Å²) in [5.41, 5.74) is 7.59. The molecular formula is C24H23NO. The van der Waals surface area contributed by atoms with Gasteiger partial charge in [0.25, 0.3) is 5.91 Å². The van der Waals surface area contributed by atoms with E-state index in [1.54, 1.807) is 0 Å². The Labute approximate surface area is 155 Å². The maximum absolute atomic E-state index is 12.2. The normalized spacial score (nSPS) is 10.4. The molecule has 2 heteroatoms. The first-order valence-electron chi connectivity index (χ1n) is 8.74. The van der Waals surface area contributed by atoms with Crippen LogP contribution in [0.2, 0.25) is 0 Å². The fourth-order valence-electron chi connectivity index (χ4n) is 3.02. The first kappa shape index (κ1) is 17.7. The number of hydrogen-bond acceptors (Lipinski definition) is 1. The minimum absolute atomic E-state index is 0.129. The Morgan fingerprint density at radius 2 is 1.65 bits per heavy atom. The zero-order valence-electron chi connectivity index (χ0n) is 15.3. The molecular weight excluding hydrogens is 318 g/mol. The molecule has 0 saturated heterocycles. The molecule has 0 saturated carbocycles. The van der Waals surface area contributed by atoms with Gasteiger partial charge in [0.05, 0.1) is 0 Å². The maximum Gasteiger partial charge on any atom is 0.255 e. The van der Waals surface area contributed by atoms with Crippen LogP contribution in [0.1, 0.15) is 32.6 Å². The van der Waals surface area contributed by atoms with Crippen LogP contribution in [0.4, 0.5) is 0 Å². The van der Waals surface area contributed by atoms with Crippen LogP contribution in [0.3, 0.4) is 0 Å². The number of carbonyl (C=O) groups excluding carboxylic acids is 1. The van der Waals surface area contributed by atoms with Gasteiger partial charge in [0.2, 0.25) is 0 Å². The third-order valence-electron chi connectivity index (χ3n) is 4.50. The topological polar surface area (TPSA) is 29.1 Å². The fourth-order valence-corrected chi connectivity index (χ4v) is 3.02. The molecule has 0 atom stereocenters. The van der Waals surface area contributed by atoms with Crippen LogP contribution in [0.25, 0.3) is 11.1 Å². The van der Waals surface area contributed by atoms with Crippen LogP contribution < -0.4 is 5.32 Å². The lowest BCUT2D eigenvalue weighted by Crippen LogP contribution is -2.17. The Morgan fingerprint density at radius 3 is 2.38 bits per heavy atom. The third-order valence-corrected chi connectivity index (χ3v) is 4.50. The quantitative estimate of drug-likeness (QED) is 0.658. The van der Waals surface area contributed by atoms with Crippen molar-refractivity contribution in [1.82, 2.24) is 5.32 Å². The monoisotopic (exact) mass is 341 g/mol. The molecule has 1 N–H and O–H groups in total. The van der Waals surface area contributed by atoms with Crippen molar-refractivity contribution in [1.29, 1.82) is 0 Å². The highest BCUT2D eigenvalue weighted by Gasteiger charge is 2.10. The molecule has 0 unspecified atom stereocenters. The molecule has 3 rings (SSSR count). The molecule has 0 radical (unpaired) electrons. The Morgan fingerprint density at radius 1 is 0.923 bits per heavy atom. The second-order valence-electron chi connectivity index (χ2n) is 6.57. The smallest absolute Gasteiger partial charge is 0.255 e. The molecule has 2 nitrogen and oxygen atoms in total. The molecule has 3 aromatic rings. The van der Waals surface area contributed by atoms with Gasteiger partial charge in [0, 0.05) is 5.56 Å². The summed E-state index contributed by atoms with van der Waals surface area (Å²) in [6, 6.07) is 23.1. The van der Waals surface area contributed by atoms with Crippen molar-refractivity contribution in [2.24, 2.45) is 0 Å². The van der Waals surface area contributed by atoms with Crippen molar-refractivity contribution in [3.63, 3.8) is 0 Å². The highest BCUT2D eigenvalue weighted by Crippen LogP contribution is 2.24. The van der Waals surface area contributed by atoms with Crippen molar-refractivity contribution < 1.29 is 4.79 Å². The summed E-state index contributed by atoms with van der Waals surface area (Å²) in [6.07, 6.45) is 2.31. The summed E-state index contributed by atoms with van der Waals surface area (Å²) in [5.74, 6) is -0.129. The van der Waals surface area contributed by atoms with Gasteiger partial charge in [-0.15, -0.1) is 0 Å². The first-order chi connectivity index (χ1) is 12.6. The van der Waals surface area contributed by atoms with Crippen molar-refractivity contribution in [2.75, 3.05) is 0 Å². The van der Waals surface area contributed by atoms with Crippen LogP contribution in [0.5, 0.6) is 0 Å². The zero-order chi connectivity index (χ0) is 18.5. The standard InChI is InChI=1S/C24H23NO/c1-4-25-24(26)23-16-22(13-10-18(23)3)21-7-5-6-20(15-21)14-19-11-8-17(2)9-12-19/h4-13,15-16H,1,14H2,2-3H3,(H,25,26). The molecule has 3 aromatic carbocycles. The molecule has 130 valence electrons. The Balaban J connectivity index is 1.90. The largest absolute Gasteiger partial charge is 0.329 e. The van der Waals surface area contributed by atoms with E-state index in [4.69, 9.17) is 0 Å². The number of benzene rings is 3. The number of hydrogen-bond donors (Lipinski definition) is 1. The molecule has 1 amide bonds. The summed E-state index contributed by atoms with van der Waals surface area (Å²) in [6.45, 7) is 7.60. The van der Waals surface area contributed by atoms with Gasteiger partial charge >= 0.3 is 0 Å². The van der Waals surface area contributed by atoms with E-state index in [2.05, 4.69) is 73.4 Å². The number of rotatable bonds is 5. The molecule has 0 aliphatic carbocycles. The molecule has 0 aliphatic rings. The van der Waals surface area contributed by atoms with Gasteiger partial charge in [-0.2, -0.15) is 0 Å². The molecule has 0 heterocycles. The number of carbonyl (C=O) groups is 1. The molecule has 0 aromatic heterocycles. The lowest BCUT2D eigenvalue weighted by atomic mass is 9.96. The molecule has 0 aliphatic heterocycles. The van der Waals surface area contributed by atoms with E-state index in [-0.39, 0.29) is 5.91 Å². The molecule has 0 spiro atoms. The lowest BCUT2D eigenvalue weighted by molar-refractivity contribution is 0.0969. The van der Waals surface area contributed by atoms with E-state index in [1.807, 2.05) is 19.1 Å². The second-order valence-corrected chi connectivity index (χ2v) is 6.57. The maximum atomic E-state index is 12.2. The Bertz CT molecular complexity index is 939. The third kappa shape index (κ3) is 4.09. The zero-order valence-corrected chi connectivity index (χ0v) is 15.3. The van der Waals surface area contributed by atoms with E-state index in [0.29, 0.717) is 5.56 Å². The van der Waals surface area contributed by atoms with E-state index in [9.17, 15) is 4.79 Å². The minimum Gasteiger partial charge on any atom is -0.329 e. The van der Waals surface area contributed by atoms with E-state index < -0.39 is 0 Å². The van der Waals surface area contributed by atoms with Crippen molar-refractivity contribution in [2.45, 2.75) is 20.3 Å². The Kier molecular flexibility index (Phi) is 5.33. The van der Waals surface area contributed by atoms with E-state index in [1.165, 1.54) is 22.9 Å². The van der Waals surface area contributed by atoms with Crippen molar-refractivity contribution >= 4 is 5.91 Å². The summed E-state index contributed by atoms with van der Waals surface area (Å²) < 4.78 is 0. The number of amides is 1. The number of aryl methyl sites for hydroxylation is 2. The van der Waals surface area contributed by atoms with Crippen LogP contribution in [-0.2, 0) is 6.42 Å². The van der Waals surface area contributed by atoms with Gasteiger partial charge in [0.15, 0.2) is 0 Å². The van der Waals surface area contributed by atoms with Crippen LogP contribution >= 0.6 is 0 Å². The Hall–Kier alpha value is -3.13. The highest BCUT2D eigenvalue weighted by molar-refractivity contribution is 5.97. The van der Waals surface area contributed by atoms with Crippen LogP contribution in [0, 0.1) is 13.8 Å². The summed E-state index contributed by atoms with van der Waals surface area (Å²) in [4.78, 5) is 12.2. The van der Waals surface area contributed by atoms with Gasteiger partial charge in [-0.1, -0.05) is 72.8 Å². The van der Waals surface area contributed by atoms with Gasteiger partial charge in [-0.3, -0.25) is 4.79 Å². The number of nitrogens with one attached hydrogen (secondary N) is 1.